The van der Waals surface area contributed by atoms with E-state index in [-0.39, 0.29) is 0 Å². The lowest BCUT2D eigenvalue weighted by atomic mass is 9.71. The minimum Gasteiger partial charge on any atom is -0.316 e. The van der Waals surface area contributed by atoms with Crippen LogP contribution < -0.4 is 5.32 Å². The third-order valence-corrected chi connectivity index (χ3v) is 5.98. The van der Waals surface area contributed by atoms with Crippen LogP contribution >= 0.6 is 0 Å². The molecular weight excluding hydrogens is 206 g/mol. The molecular formula is C16H31N. The van der Waals surface area contributed by atoms with Gasteiger partial charge in [-0.15, -0.1) is 0 Å². The first kappa shape index (κ1) is 13.4. The summed E-state index contributed by atoms with van der Waals surface area (Å²) in [5.41, 5.74) is 1.19. The lowest BCUT2D eigenvalue weighted by molar-refractivity contribution is 0.166. The number of nitrogens with one attached hydrogen (secondary N) is 1. The Balaban J connectivity index is 1.97. The van der Waals surface area contributed by atoms with Crippen LogP contribution in [0.3, 0.4) is 0 Å². The summed E-state index contributed by atoms with van der Waals surface area (Å²) >= 11 is 0. The molecule has 1 N–H and O–H groups in total. The average Bonchev–Trinajstić information content (AvgIpc) is 2.93. The summed E-state index contributed by atoms with van der Waals surface area (Å²) in [5.74, 6) is 2.92. The molecule has 0 aromatic rings. The van der Waals surface area contributed by atoms with Crippen LogP contribution in [0, 0.1) is 28.6 Å². The first-order valence-corrected chi connectivity index (χ1v) is 7.66. The molecule has 2 aliphatic rings. The zero-order valence-corrected chi connectivity index (χ0v) is 12.5. The zero-order chi connectivity index (χ0) is 12.7. The summed E-state index contributed by atoms with van der Waals surface area (Å²) in [6.45, 7) is 14.6. The van der Waals surface area contributed by atoms with E-state index in [9.17, 15) is 0 Å². The fourth-order valence-corrected chi connectivity index (χ4v) is 4.16. The lowest BCUT2D eigenvalue weighted by Gasteiger charge is -2.33. The van der Waals surface area contributed by atoms with Gasteiger partial charge >= 0.3 is 0 Å². The molecule has 4 atom stereocenters. The summed E-state index contributed by atoms with van der Waals surface area (Å²) in [6.07, 6.45) is 5.64. The Labute approximate surface area is 108 Å². The average molecular weight is 237 g/mol. The topological polar surface area (TPSA) is 12.0 Å². The molecule has 0 aromatic heterocycles. The molecule has 1 aliphatic carbocycles. The summed E-state index contributed by atoms with van der Waals surface area (Å²) < 4.78 is 0. The van der Waals surface area contributed by atoms with E-state index < -0.39 is 0 Å². The Morgan fingerprint density at radius 3 is 2.47 bits per heavy atom. The molecule has 2 rings (SSSR count). The predicted octanol–water partition coefficient (Wildman–Crippen LogP) is 4.08. The highest BCUT2D eigenvalue weighted by molar-refractivity contribution is 5.06. The number of rotatable bonds is 5. The minimum atomic E-state index is 0.559. The van der Waals surface area contributed by atoms with Gasteiger partial charge in [-0.05, 0) is 54.4 Å². The van der Waals surface area contributed by atoms with E-state index in [1.165, 1.54) is 38.8 Å². The number of hydrogen-bond donors (Lipinski definition) is 1. The van der Waals surface area contributed by atoms with Gasteiger partial charge in [0.1, 0.15) is 0 Å². The van der Waals surface area contributed by atoms with Crippen LogP contribution in [0.25, 0.3) is 0 Å². The molecule has 1 saturated carbocycles. The molecule has 100 valence electrons. The van der Waals surface area contributed by atoms with Crippen molar-refractivity contribution in [2.24, 2.45) is 28.6 Å². The Hall–Kier alpha value is -0.0400. The highest BCUT2D eigenvalue weighted by atomic mass is 14.9. The van der Waals surface area contributed by atoms with Crippen molar-refractivity contribution in [2.45, 2.75) is 60.3 Å². The largest absolute Gasteiger partial charge is 0.316 e. The molecule has 17 heavy (non-hydrogen) atoms. The molecule has 1 aliphatic heterocycles. The molecule has 1 nitrogen and oxygen atoms in total. The Bertz CT molecular complexity index is 271. The molecule has 1 saturated heterocycles. The molecule has 1 heteroatoms. The smallest absolute Gasteiger partial charge is 0.00136 e. The van der Waals surface area contributed by atoms with Crippen LogP contribution in [-0.4, -0.2) is 13.1 Å². The van der Waals surface area contributed by atoms with Crippen molar-refractivity contribution in [1.29, 1.82) is 0 Å². The molecule has 1 heterocycles. The van der Waals surface area contributed by atoms with Gasteiger partial charge in [0.25, 0.3) is 0 Å². The first-order valence-electron chi connectivity index (χ1n) is 7.66. The van der Waals surface area contributed by atoms with E-state index in [1.807, 2.05) is 0 Å². The van der Waals surface area contributed by atoms with Crippen LogP contribution in [0.4, 0.5) is 0 Å². The maximum absolute atomic E-state index is 3.63. The standard InChI is InChI=1S/C16H31N/c1-6-15(4,5)9-13-8-14(13)16(7-2)11-17-10-12(16)3/h12-14,17H,6-11H2,1-5H3/t12?,13-,14?,16?/m1/s1. The summed E-state index contributed by atoms with van der Waals surface area (Å²) in [7, 11) is 0. The van der Waals surface area contributed by atoms with Crippen molar-refractivity contribution < 1.29 is 0 Å². The molecule has 0 amide bonds. The van der Waals surface area contributed by atoms with E-state index >= 15 is 0 Å². The summed E-state index contributed by atoms with van der Waals surface area (Å²) in [5, 5.41) is 3.63. The molecule has 0 spiro atoms. The van der Waals surface area contributed by atoms with Crippen LogP contribution in [0.2, 0.25) is 0 Å². The van der Waals surface area contributed by atoms with E-state index in [1.54, 1.807) is 0 Å². The van der Waals surface area contributed by atoms with Crippen molar-refractivity contribution in [2.75, 3.05) is 13.1 Å². The van der Waals surface area contributed by atoms with E-state index in [0.29, 0.717) is 10.8 Å². The molecule has 0 aromatic carbocycles. The highest BCUT2D eigenvalue weighted by Gasteiger charge is 2.55. The second-order valence-corrected chi connectivity index (χ2v) is 7.44. The van der Waals surface area contributed by atoms with Gasteiger partial charge in [0.2, 0.25) is 0 Å². The second-order valence-electron chi connectivity index (χ2n) is 7.44. The maximum atomic E-state index is 3.63. The van der Waals surface area contributed by atoms with Gasteiger partial charge in [0, 0.05) is 6.54 Å². The molecule has 0 bridgehead atoms. The van der Waals surface area contributed by atoms with Gasteiger partial charge in [-0.3, -0.25) is 0 Å². The van der Waals surface area contributed by atoms with Crippen molar-refractivity contribution >= 4 is 0 Å². The van der Waals surface area contributed by atoms with Crippen molar-refractivity contribution in [3.05, 3.63) is 0 Å². The predicted molar refractivity (Wildman–Crippen MR) is 75.0 cm³/mol. The lowest BCUT2D eigenvalue weighted by Crippen LogP contribution is -2.31. The van der Waals surface area contributed by atoms with Crippen molar-refractivity contribution in [3.63, 3.8) is 0 Å². The van der Waals surface area contributed by atoms with Gasteiger partial charge < -0.3 is 5.32 Å². The summed E-state index contributed by atoms with van der Waals surface area (Å²) in [4.78, 5) is 0. The zero-order valence-electron chi connectivity index (χ0n) is 12.5. The quantitative estimate of drug-likeness (QED) is 0.759. The van der Waals surface area contributed by atoms with Gasteiger partial charge in [0.05, 0.1) is 0 Å². The van der Waals surface area contributed by atoms with Crippen molar-refractivity contribution in [3.8, 4) is 0 Å². The highest BCUT2D eigenvalue weighted by Crippen LogP contribution is 2.60. The normalized spacial score (nSPS) is 41.8. The van der Waals surface area contributed by atoms with Gasteiger partial charge in [-0.1, -0.05) is 41.0 Å². The van der Waals surface area contributed by atoms with Crippen LogP contribution in [-0.2, 0) is 0 Å². The van der Waals surface area contributed by atoms with Gasteiger partial charge in [0.15, 0.2) is 0 Å². The first-order chi connectivity index (χ1) is 7.95. The minimum absolute atomic E-state index is 0.559. The van der Waals surface area contributed by atoms with Crippen molar-refractivity contribution in [1.82, 2.24) is 5.32 Å². The van der Waals surface area contributed by atoms with Crippen LogP contribution in [0.15, 0.2) is 0 Å². The Morgan fingerprint density at radius 2 is 2.00 bits per heavy atom. The van der Waals surface area contributed by atoms with E-state index in [2.05, 4.69) is 39.9 Å². The fourth-order valence-electron chi connectivity index (χ4n) is 4.16. The monoisotopic (exact) mass is 237 g/mol. The number of hydrogen-bond acceptors (Lipinski definition) is 1. The van der Waals surface area contributed by atoms with Gasteiger partial charge in [-0.2, -0.15) is 0 Å². The van der Waals surface area contributed by atoms with Gasteiger partial charge in [-0.25, -0.2) is 0 Å². The fraction of sp³-hybridized carbons (Fsp3) is 1.00. The van der Waals surface area contributed by atoms with Crippen LogP contribution in [0.1, 0.15) is 60.3 Å². The molecule has 3 unspecified atom stereocenters. The molecule has 0 radical (unpaired) electrons. The van der Waals surface area contributed by atoms with E-state index in [0.717, 1.165) is 17.8 Å². The summed E-state index contributed by atoms with van der Waals surface area (Å²) in [6, 6.07) is 0. The third kappa shape index (κ3) is 2.41. The Morgan fingerprint density at radius 1 is 1.29 bits per heavy atom. The Kier molecular flexibility index (Phi) is 3.60. The maximum Gasteiger partial charge on any atom is 0.00136 e. The van der Waals surface area contributed by atoms with E-state index in [4.69, 9.17) is 0 Å². The molecule has 2 fully saturated rings. The SMILES string of the molecule is CCC(C)(C)C[C@H]1CC1C1(CC)CNCC1C. The third-order valence-electron chi connectivity index (χ3n) is 5.98. The van der Waals surface area contributed by atoms with Crippen LogP contribution in [0.5, 0.6) is 0 Å². The second kappa shape index (κ2) is 4.57.